The third kappa shape index (κ3) is 2.44. The van der Waals surface area contributed by atoms with E-state index in [0.717, 1.165) is 21.6 Å². The molecule has 0 bridgehead atoms. The number of nitrogens with zero attached hydrogens (tertiary/aromatic N) is 3. The van der Waals surface area contributed by atoms with E-state index < -0.39 is 0 Å². The Kier molecular flexibility index (Phi) is 3.56. The first-order valence-electron chi connectivity index (χ1n) is 7.69. The number of rotatable bonds is 3. The Hall–Kier alpha value is -3.40. The van der Waals surface area contributed by atoms with Gasteiger partial charge in [0.2, 0.25) is 0 Å². The molecule has 2 aromatic carbocycles. The van der Waals surface area contributed by atoms with Crippen molar-refractivity contribution in [2.45, 2.75) is 0 Å². The third-order valence-electron chi connectivity index (χ3n) is 3.84. The molecule has 0 atom stereocenters. The van der Waals surface area contributed by atoms with Crippen LogP contribution in [-0.4, -0.2) is 19.9 Å². The fourth-order valence-corrected chi connectivity index (χ4v) is 2.73. The summed E-state index contributed by atoms with van der Waals surface area (Å²) in [6, 6.07) is 25.1. The molecule has 2 aromatic heterocycles. The van der Waals surface area contributed by atoms with Crippen LogP contribution in [0, 0.1) is 0 Å². The first-order chi connectivity index (χ1) is 11.8. The van der Waals surface area contributed by atoms with E-state index in [1.54, 1.807) is 6.20 Å². The molecule has 1 N–H and O–H groups in total. The molecule has 4 rings (SSSR count). The Labute approximate surface area is 139 Å². The van der Waals surface area contributed by atoms with Crippen molar-refractivity contribution in [1.29, 1.82) is 0 Å². The Bertz CT molecular complexity index is 948. The molecule has 0 radical (unpaired) electrons. The second-order valence-electron chi connectivity index (χ2n) is 5.39. The van der Waals surface area contributed by atoms with E-state index in [9.17, 15) is 5.21 Å². The summed E-state index contributed by atoms with van der Waals surface area (Å²) in [5, 5.41) is 10.8. The van der Waals surface area contributed by atoms with Crippen LogP contribution in [0.3, 0.4) is 0 Å². The van der Waals surface area contributed by atoms with Gasteiger partial charge in [-0.1, -0.05) is 66.7 Å². The molecule has 0 aliphatic rings. The van der Waals surface area contributed by atoms with Crippen molar-refractivity contribution < 1.29 is 5.21 Å². The molecular weight excluding hydrogens is 298 g/mol. The van der Waals surface area contributed by atoms with Gasteiger partial charge in [0, 0.05) is 17.3 Å². The molecule has 0 aliphatic carbocycles. The number of imidazole rings is 1. The van der Waals surface area contributed by atoms with Crippen molar-refractivity contribution in [3.05, 3.63) is 85.1 Å². The predicted molar refractivity (Wildman–Crippen MR) is 93.5 cm³/mol. The normalized spacial score (nSPS) is 10.7. The summed E-state index contributed by atoms with van der Waals surface area (Å²) in [6.07, 6.45) is 1.69. The van der Waals surface area contributed by atoms with Crippen LogP contribution in [0.15, 0.2) is 85.1 Å². The summed E-state index contributed by atoms with van der Waals surface area (Å²) in [5.74, 6) is 0.424. The summed E-state index contributed by atoms with van der Waals surface area (Å²) in [5.41, 5.74) is 3.85. The molecule has 0 aliphatic heterocycles. The Balaban J connectivity index is 1.99. The van der Waals surface area contributed by atoms with E-state index in [2.05, 4.69) is 9.97 Å². The average Bonchev–Trinajstić information content (AvgIpc) is 3.01. The monoisotopic (exact) mass is 313 g/mol. The zero-order valence-corrected chi connectivity index (χ0v) is 12.9. The first-order valence-corrected chi connectivity index (χ1v) is 7.69. The largest absolute Gasteiger partial charge is 0.426 e. The van der Waals surface area contributed by atoms with Crippen LogP contribution >= 0.6 is 0 Å². The van der Waals surface area contributed by atoms with E-state index in [-0.39, 0.29) is 0 Å². The zero-order chi connectivity index (χ0) is 16.4. The van der Waals surface area contributed by atoms with Crippen molar-refractivity contribution in [2.24, 2.45) is 0 Å². The lowest BCUT2D eigenvalue weighted by Crippen LogP contribution is -1.98. The minimum atomic E-state index is 0.424. The van der Waals surface area contributed by atoms with Crippen molar-refractivity contribution in [3.8, 4) is 34.0 Å². The molecule has 4 aromatic rings. The fourth-order valence-electron chi connectivity index (χ4n) is 2.73. The lowest BCUT2D eigenvalue weighted by atomic mass is 10.1. The summed E-state index contributed by atoms with van der Waals surface area (Å²) in [4.78, 5) is 8.99. The SMILES string of the molecule is On1c(-c2ccccn2)nc(-c2ccccc2)c1-c1ccccc1. The third-order valence-corrected chi connectivity index (χ3v) is 3.84. The van der Waals surface area contributed by atoms with Gasteiger partial charge in [0.05, 0.1) is 0 Å². The summed E-state index contributed by atoms with van der Waals surface area (Å²) in [6.45, 7) is 0. The highest BCUT2D eigenvalue weighted by Crippen LogP contribution is 2.34. The maximum atomic E-state index is 10.8. The maximum absolute atomic E-state index is 10.8. The van der Waals surface area contributed by atoms with Crippen molar-refractivity contribution in [3.63, 3.8) is 0 Å². The molecule has 116 valence electrons. The van der Waals surface area contributed by atoms with Crippen LogP contribution in [0.1, 0.15) is 0 Å². The highest BCUT2D eigenvalue weighted by Gasteiger charge is 2.21. The number of aromatic nitrogens is 3. The summed E-state index contributed by atoms with van der Waals surface area (Å²) < 4.78 is 1.12. The lowest BCUT2D eigenvalue weighted by molar-refractivity contribution is 0.195. The number of benzene rings is 2. The van der Waals surface area contributed by atoms with Crippen molar-refractivity contribution in [1.82, 2.24) is 14.7 Å². The van der Waals surface area contributed by atoms with E-state index in [0.29, 0.717) is 17.2 Å². The van der Waals surface area contributed by atoms with Gasteiger partial charge in [-0.25, -0.2) is 4.98 Å². The minimum absolute atomic E-state index is 0.424. The van der Waals surface area contributed by atoms with Gasteiger partial charge in [0.1, 0.15) is 17.1 Å². The molecule has 4 nitrogen and oxygen atoms in total. The smallest absolute Gasteiger partial charge is 0.195 e. The molecule has 2 heterocycles. The fraction of sp³-hybridized carbons (Fsp3) is 0. The average molecular weight is 313 g/mol. The molecule has 0 saturated heterocycles. The summed E-state index contributed by atoms with van der Waals surface area (Å²) >= 11 is 0. The highest BCUT2D eigenvalue weighted by atomic mass is 16.5. The van der Waals surface area contributed by atoms with Gasteiger partial charge < -0.3 is 5.21 Å². The molecular formula is C20H15N3O. The second-order valence-corrected chi connectivity index (χ2v) is 5.39. The maximum Gasteiger partial charge on any atom is 0.195 e. The van der Waals surface area contributed by atoms with Crippen LogP contribution in [0.2, 0.25) is 0 Å². The molecule has 0 spiro atoms. The molecule has 0 saturated carbocycles. The van der Waals surface area contributed by atoms with Gasteiger partial charge in [0.25, 0.3) is 0 Å². The number of pyridine rings is 1. The summed E-state index contributed by atoms with van der Waals surface area (Å²) in [7, 11) is 0. The minimum Gasteiger partial charge on any atom is -0.426 e. The second kappa shape index (κ2) is 6.01. The molecule has 0 unspecified atom stereocenters. The van der Waals surface area contributed by atoms with E-state index >= 15 is 0 Å². The first kappa shape index (κ1) is 14.2. The number of hydrogen-bond donors (Lipinski definition) is 1. The Morgan fingerprint density at radius 3 is 1.96 bits per heavy atom. The molecule has 0 amide bonds. The van der Waals surface area contributed by atoms with E-state index in [1.807, 2.05) is 78.9 Å². The Morgan fingerprint density at radius 2 is 1.33 bits per heavy atom. The molecule has 24 heavy (non-hydrogen) atoms. The van der Waals surface area contributed by atoms with E-state index in [4.69, 9.17) is 0 Å². The zero-order valence-electron chi connectivity index (χ0n) is 12.9. The Morgan fingerprint density at radius 1 is 0.708 bits per heavy atom. The predicted octanol–water partition coefficient (Wildman–Crippen LogP) is 4.52. The van der Waals surface area contributed by atoms with Crippen LogP contribution in [0.25, 0.3) is 34.0 Å². The van der Waals surface area contributed by atoms with Gasteiger partial charge >= 0.3 is 0 Å². The van der Waals surface area contributed by atoms with Crippen LogP contribution in [0.4, 0.5) is 0 Å². The van der Waals surface area contributed by atoms with Crippen molar-refractivity contribution in [2.75, 3.05) is 0 Å². The highest BCUT2D eigenvalue weighted by molar-refractivity contribution is 5.81. The lowest BCUT2D eigenvalue weighted by Gasteiger charge is -2.06. The van der Waals surface area contributed by atoms with Crippen LogP contribution in [-0.2, 0) is 0 Å². The topological polar surface area (TPSA) is 50.9 Å². The van der Waals surface area contributed by atoms with Crippen LogP contribution in [0.5, 0.6) is 0 Å². The standard InChI is InChI=1S/C20H15N3O/c24-23-19(16-11-5-2-6-12-16)18(15-9-3-1-4-10-15)22-20(23)17-13-7-8-14-21-17/h1-14,24H. The molecule has 0 fully saturated rings. The number of hydrogen-bond acceptors (Lipinski definition) is 3. The van der Waals surface area contributed by atoms with Gasteiger partial charge in [0.15, 0.2) is 5.82 Å². The van der Waals surface area contributed by atoms with Gasteiger partial charge in [-0.05, 0) is 12.1 Å². The molecule has 4 heteroatoms. The van der Waals surface area contributed by atoms with Gasteiger partial charge in [-0.2, -0.15) is 4.73 Å². The van der Waals surface area contributed by atoms with Gasteiger partial charge in [-0.3, -0.25) is 4.98 Å². The van der Waals surface area contributed by atoms with Crippen molar-refractivity contribution >= 4 is 0 Å². The van der Waals surface area contributed by atoms with E-state index in [1.165, 1.54) is 0 Å². The quantitative estimate of drug-likeness (QED) is 0.566. The van der Waals surface area contributed by atoms with Crippen LogP contribution < -0.4 is 0 Å². The van der Waals surface area contributed by atoms with Gasteiger partial charge in [-0.15, -0.1) is 0 Å².